The van der Waals surface area contributed by atoms with Gasteiger partial charge in [-0.05, 0) is 38.7 Å². The Morgan fingerprint density at radius 2 is 1.78 bits per heavy atom. The second-order valence-corrected chi connectivity index (χ2v) is 7.71. The van der Waals surface area contributed by atoms with E-state index in [0.29, 0.717) is 11.5 Å². The lowest BCUT2D eigenvalue weighted by Gasteiger charge is -2.34. The lowest BCUT2D eigenvalue weighted by atomic mass is 9.77. The molecule has 1 N–H and O–H groups in total. The van der Waals surface area contributed by atoms with Crippen molar-refractivity contribution in [2.75, 3.05) is 20.1 Å². The highest BCUT2D eigenvalue weighted by molar-refractivity contribution is 5.89. The number of likely N-dealkylation sites (tertiary alicyclic amines) is 1. The van der Waals surface area contributed by atoms with Crippen LogP contribution in [-0.4, -0.2) is 52.8 Å². The fraction of sp³-hybridized carbons (Fsp3) is 0.650. The number of amides is 2. The van der Waals surface area contributed by atoms with E-state index in [0.717, 1.165) is 51.6 Å². The molecular formula is C20H28N2O5. The van der Waals surface area contributed by atoms with Crippen LogP contribution >= 0.6 is 0 Å². The van der Waals surface area contributed by atoms with Crippen molar-refractivity contribution in [2.45, 2.75) is 52.0 Å². The van der Waals surface area contributed by atoms with E-state index in [4.69, 9.17) is 9.52 Å². The van der Waals surface area contributed by atoms with Crippen LogP contribution in [0.15, 0.2) is 10.5 Å². The van der Waals surface area contributed by atoms with Gasteiger partial charge >= 0.3 is 5.97 Å². The predicted octanol–water partition coefficient (Wildman–Crippen LogP) is 2.67. The second-order valence-electron chi connectivity index (χ2n) is 7.71. The largest absolute Gasteiger partial charge is 0.478 e. The molecule has 0 aromatic carbocycles. The van der Waals surface area contributed by atoms with E-state index in [2.05, 4.69) is 0 Å². The average Bonchev–Trinajstić information content (AvgIpc) is 3.30. The molecule has 2 aliphatic rings. The molecule has 1 aliphatic carbocycles. The number of carboxylic acid groups (broad SMARTS) is 1. The van der Waals surface area contributed by atoms with Gasteiger partial charge in [-0.3, -0.25) is 9.59 Å². The number of rotatable bonds is 5. The average molecular weight is 376 g/mol. The molecule has 1 aromatic heterocycles. The smallest absolute Gasteiger partial charge is 0.339 e. The highest BCUT2D eigenvalue weighted by atomic mass is 16.4. The van der Waals surface area contributed by atoms with Crippen molar-refractivity contribution in [1.29, 1.82) is 0 Å². The molecular weight excluding hydrogens is 348 g/mol. The van der Waals surface area contributed by atoms with Gasteiger partial charge in [0.15, 0.2) is 0 Å². The van der Waals surface area contributed by atoms with Crippen LogP contribution in [0.1, 0.15) is 60.4 Å². The minimum atomic E-state index is -1.04. The maximum Gasteiger partial charge on any atom is 0.339 e. The normalized spacial score (nSPS) is 22.7. The maximum atomic E-state index is 13.1. The SMILES string of the molecule is Cc1oc(CN(C)C(=O)C2CCCCC2C(=O)N2CCCC2)cc1C(=O)O. The molecule has 2 atom stereocenters. The first kappa shape index (κ1) is 19.5. The summed E-state index contributed by atoms with van der Waals surface area (Å²) in [6.45, 7) is 3.40. The van der Waals surface area contributed by atoms with Crippen molar-refractivity contribution in [1.82, 2.24) is 9.80 Å². The number of aromatic carboxylic acids is 1. The number of nitrogens with zero attached hydrogens (tertiary/aromatic N) is 2. The number of hydrogen-bond donors (Lipinski definition) is 1. The van der Waals surface area contributed by atoms with Gasteiger partial charge in [0.05, 0.1) is 6.54 Å². The first-order chi connectivity index (χ1) is 12.9. The van der Waals surface area contributed by atoms with Gasteiger partial charge in [-0.25, -0.2) is 4.79 Å². The Hall–Kier alpha value is -2.31. The van der Waals surface area contributed by atoms with Crippen molar-refractivity contribution in [2.24, 2.45) is 11.8 Å². The Morgan fingerprint density at radius 3 is 2.37 bits per heavy atom. The van der Waals surface area contributed by atoms with E-state index in [1.165, 1.54) is 6.07 Å². The standard InChI is InChI=1S/C20H28N2O5/c1-13-17(20(25)26)11-14(27-13)12-21(2)18(23)15-7-3-4-8-16(15)19(24)22-9-5-6-10-22/h11,15-16H,3-10,12H2,1-2H3,(H,25,26). The molecule has 2 unspecified atom stereocenters. The summed E-state index contributed by atoms with van der Waals surface area (Å²) in [5.41, 5.74) is 0.116. The molecule has 1 aromatic rings. The molecule has 1 saturated carbocycles. The van der Waals surface area contributed by atoms with Gasteiger partial charge in [-0.1, -0.05) is 12.8 Å². The summed E-state index contributed by atoms with van der Waals surface area (Å²) >= 11 is 0. The third-order valence-electron chi connectivity index (χ3n) is 5.79. The van der Waals surface area contributed by atoms with E-state index in [-0.39, 0.29) is 35.8 Å². The van der Waals surface area contributed by atoms with Crippen LogP contribution < -0.4 is 0 Å². The molecule has 0 bridgehead atoms. The number of carbonyl (C=O) groups excluding carboxylic acids is 2. The van der Waals surface area contributed by atoms with E-state index < -0.39 is 5.97 Å². The van der Waals surface area contributed by atoms with Gasteiger partial charge in [0.25, 0.3) is 0 Å². The fourth-order valence-electron chi connectivity index (χ4n) is 4.32. The lowest BCUT2D eigenvalue weighted by molar-refractivity contribution is -0.147. The van der Waals surface area contributed by atoms with Crippen LogP contribution in [0.25, 0.3) is 0 Å². The molecule has 2 amide bonds. The molecule has 0 spiro atoms. The number of carbonyl (C=O) groups is 3. The molecule has 2 heterocycles. The molecule has 2 fully saturated rings. The van der Waals surface area contributed by atoms with Crippen LogP contribution in [0.3, 0.4) is 0 Å². The van der Waals surface area contributed by atoms with Gasteiger partial charge in [-0.2, -0.15) is 0 Å². The minimum absolute atomic E-state index is 0.0572. The predicted molar refractivity (Wildman–Crippen MR) is 98.1 cm³/mol. The topological polar surface area (TPSA) is 91.1 Å². The van der Waals surface area contributed by atoms with E-state index >= 15 is 0 Å². The molecule has 148 valence electrons. The van der Waals surface area contributed by atoms with Gasteiger partial charge in [-0.15, -0.1) is 0 Å². The fourth-order valence-corrected chi connectivity index (χ4v) is 4.32. The van der Waals surface area contributed by atoms with E-state index in [1.54, 1.807) is 18.9 Å². The summed E-state index contributed by atoms with van der Waals surface area (Å²) in [5.74, 6) is -0.734. The van der Waals surface area contributed by atoms with Crippen LogP contribution in [-0.2, 0) is 16.1 Å². The molecule has 7 heteroatoms. The van der Waals surface area contributed by atoms with Crippen LogP contribution in [0, 0.1) is 18.8 Å². The van der Waals surface area contributed by atoms with Crippen LogP contribution in [0.2, 0.25) is 0 Å². The van der Waals surface area contributed by atoms with E-state index in [1.807, 2.05) is 4.90 Å². The van der Waals surface area contributed by atoms with Crippen molar-refractivity contribution in [3.05, 3.63) is 23.2 Å². The Bertz CT molecular complexity index is 720. The zero-order valence-corrected chi connectivity index (χ0v) is 16.1. The Kier molecular flexibility index (Phi) is 5.87. The first-order valence-corrected chi connectivity index (χ1v) is 9.75. The van der Waals surface area contributed by atoms with Crippen LogP contribution in [0.5, 0.6) is 0 Å². The molecule has 27 heavy (non-hydrogen) atoms. The highest BCUT2D eigenvalue weighted by Gasteiger charge is 2.39. The zero-order valence-electron chi connectivity index (χ0n) is 16.1. The third-order valence-corrected chi connectivity index (χ3v) is 5.79. The molecule has 0 radical (unpaired) electrons. The highest BCUT2D eigenvalue weighted by Crippen LogP contribution is 2.34. The zero-order chi connectivity index (χ0) is 19.6. The van der Waals surface area contributed by atoms with Gasteiger partial charge in [0.1, 0.15) is 17.1 Å². The second kappa shape index (κ2) is 8.15. The lowest BCUT2D eigenvalue weighted by Crippen LogP contribution is -2.45. The molecule has 3 rings (SSSR count). The molecule has 7 nitrogen and oxygen atoms in total. The Labute approximate surface area is 159 Å². The number of hydrogen-bond acceptors (Lipinski definition) is 4. The van der Waals surface area contributed by atoms with Gasteiger partial charge < -0.3 is 19.3 Å². The number of furan rings is 1. The van der Waals surface area contributed by atoms with Crippen molar-refractivity contribution in [3.63, 3.8) is 0 Å². The third kappa shape index (κ3) is 4.17. The van der Waals surface area contributed by atoms with Gasteiger partial charge in [0.2, 0.25) is 11.8 Å². The maximum absolute atomic E-state index is 13.1. The van der Waals surface area contributed by atoms with Crippen molar-refractivity contribution < 1.29 is 23.9 Å². The van der Waals surface area contributed by atoms with Gasteiger partial charge in [0, 0.05) is 32.0 Å². The summed E-state index contributed by atoms with van der Waals surface area (Å²) in [6.07, 6.45) is 5.52. The minimum Gasteiger partial charge on any atom is -0.478 e. The van der Waals surface area contributed by atoms with Crippen molar-refractivity contribution >= 4 is 17.8 Å². The van der Waals surface area contributed by atoms with Crippen LogP contribution in [0.4, 0.5) is 0 Å². The van der Waals surface area contributed by atoms with Crippen molar-refractivity contribution in [3.8, 4) is 0 Å². The summed E-state index contributed by atoms with van der Waals surface area (Å²) in [6, 6.07) is 1.47. The number of carboxylic acids is 1. The first-order valence-electron chi connectivity index (χ1n) is 9.75. The Morgan fingerprint density at radius 1 is 1.15 bits per heavy atom. The quantitative estimate of drug-likeness (QED) is 0.853. The Balaban J connectivity index is 1.69. The monoisotopic (exact) mass is 376 g/mol. The van der Waals surface area contributed by atoms with E-state index in [9.17, 15) is 14.4 Å². The number of aryl methyl sites for hydroxylation is 1. The summed E-state index contributed by atoms with van der Waals surface area (Å²) in [4.78, 5) is 40.6. The summed E-state index contributed by atoms with van der Waals surface area (Å²) in [7, 11) is 1.69. The molecule has 1 aliphatic heterocycles. The molecule has 1 saturated heterocycles. The summed E-state index contributed by atoms with van der Waals surface area (Å²) in [5, 5.41) is 9.14. The summed E-state index contributed by atoms with van der Waals surface area (Å²) < 4.78 is 5.49.